The Morgan fingerprint density at radius 2 is 0.697 bits per heavy atom. The van der Waals surface area contributed by atoms with E-state index in [1.165, 1.54) is 6.92 Å². The van der Waals surface area contributed by atoms with E-state index in [1.807, 2.05) is 0 Å². The van der Waals surface area contributed by atoms with Gasteiger partial charge in [0.05, 0.1) is 58.6 Å². The summed E-state index contributed by atoms with van der Waals surface area (Å²) in [6.07, 6.45) is -40.8. The first-order valence-electron chi connectivity index (χ1n) is 22.4. The molecule has 1 unspecified atom stereocenters. The van der Waals surface area contributed by atoms with Crippen LogP contribution in [0.2, 0.25) is 0 Å². The normalized spacial score (nSPS) is 13.7. The third-order valence-corrected chi connectivity index (χ3v) is 11.3. The van der Waals surface area contributed by atoms with Crippen LogP contribution in [0.25, 0.3) is 0 Å². The molecule has 0 aliphatic rings. The van der Waals surface area contributed by atoms with Crippen molar-refractivity contribution in [2.75, 3.05) is 19.6 Å². The summed E-state index contributed by atoms with van der Waals surface area (Å²) in [6.45, 7) is 7.14. The van der Waals surface area contributed by atoms with Crippen LogP contribution in [0.3, 0.4) is 0 Å². The highest BCUT2D eigenvalue weighted by molar-refractivity contribution is 6.39. The zero-order valence-electron chi connectivity index (χ0n) is 39.8. The number of nitrogens with zero attached hydrogens (tertiary/aromatic N) is 1. The van der Waals surface area contributed by atoms with Gasteiger partial charge < -0.3 is 18.4 Å². The molecule has 4 aromatic carbocycles. The summed E-state index contributed by atoms with van der Waals surface area (Å²) >= 11 is 0. The largest absolute Gasteiger partial charge is 0.864 e. The van der Waals surface area contributed by atoms with Crippen LogP contribution >= 0.6 is 0 Å². The molecule has 0 aliphatic carbocycles. The Labute approximate surface area is 418 Å². The molecule has 0 saturated heterocycles. The predicted octanol–water partition coefficient (Wildman–Crippen LogP) is 18.5. The minimum Gasteiger partial charge on any atom is -0.490 e. The van der Waals surface area contributed by atoms with E-state index in [9.17, 15) is 92.2 Å². The SMILES string of the molecule is CCCC[N+](CCCC)(CCCC)C(CC)c1c(OB(Oc2cc(C(F)(F)F)cc(C(F)(F)F)c2)Oc2cc(C(F)(F)F)cc(C(F)(F)F)c2)cc(C(F)(F)F)cc1C(F)(F)F.FC(F)(F)c1c[c-]cc(C(F)(F)F)c1. The van der Waals surface area contributed by atoms with E-state index in [4.69, 9.17) is 14.0 Å². The highest BCUT2D eigenvalue weighted by Crippen LogP contribution is 2.49. The molecule has 0 spiro atoms. The Bertz CT molecular complexity index is 2310. The molecule has 4 nitrogen and oxygen atoms in total. The van der Waals surface area contributed by atoms with E-state index in [1.54, 1.807) is 26.8 Å². The highest BCUT2D eigenvalue weighted by Gasteiger charge is 2.49. The van der Waals surface area contributed by atoms with Crippen molar-refractivity contribution in [1.29, 1.82) is 0 Å². The molecule has 1 atom stereocenters. The number of alkyl halides is 24. The van der Waals surface area contributed by atoms with Gasteiger partial charge in [0.25, 0.3) is 0 Å². The fourth-order valence-electron chi connectivity index (χ4n) is 7.74. The van der Waals surface area contributed by atoms with Gasteiger partial charge in [0.1, 0.15) is 23.3 Å². The summed E-state index contributed by atoms with van der Waals surface area (Å²) in [6, 6.07) is -0.274. The van der Waals surface area contributed by atoms with Crippen LogP contribution in [0.4, 0.5) is 105 Å². The molecule has 0 radical (unpaired) electrons. The van der Waals surface area contributed by atoms with Crippen molar-refractivity contribution < 1.29 is 124 Å². The van der Waals surface area contributed by atoms with Crippen LogP contribution in [0.1, 0.15) is 129 Å². The van der Waals surface area contributed by atoms with E-state index in [0.717, 1.165) is 0 Å². The molecule has 426 valence electrons. The maximum Gasteiger partial charge on any atom is 0.864 e. The second kappa shape index (κ2) is 24.5. The molecule has 29 heteroatoms. The zero-order chi connectivity index (χ0) is 58.3. The van der Waals surface area contributed by atoms with Gasteiger partial charge in [-0.25, -0.2) is 0 Å². The van der Waals surface area contributed by atoms with Gasteiger partial charge >= 0.3 is 56.7 Å². The minimum absolute atomic E-state index is 0.00164. The highest BCUT2D eigenvalue weighted by atomic mass is 19.4. The van der Waals surface area contributed by atoms with E-state index in [2.05, 4.69) is 0 Å². The molecule has 0 saturated carbocycles. The molecule has 0 heterocycles. The second-order valence-corrected chi connectivity index (χ2v) is 16.9. The third kappa shape index (κ3) is 18.1. The van der Waals surface area contributed by atoms with Crippen molar-refractivity contribution in [2.24, 2.45) is 0 Å². The van der Waals surface area contributed by atoms with Gasteiger partial charge in [-0.3, -0.25) is 0 Å². The molecule has 0 fully saturated rings. The molecule has 0 aliphatic heterocycles. The molecule has 0 bridgehead atoms. The first-order chi connectivity index (χ1) is 34.5. The van der Waals surface area contributed by atoms with E-state index < -0.39 is 142 Å². The van der Waals surface area contributed by atoms with Crippen molar-refractivity contribution in [3.8, 4) is 17.2 Å². The molecule has 0 N–H and O–H groups in total. The van der Waals surface area contributed by atoms with Crippen LogP contribution in [0.15, 0.2) is 66.7 Å². The topological polar surface area (TPSA) is 27.7 Å². The van der Waals surface area contributed by atoms with Gasteiger partial charge in [0, 0.05) is 6.42 Å². The maximum atomic E-state index is 15.2. The number of unbranched alkanes of at least 4 members (excludes halogenated alkanes) is 3. The Morgan fingerprint density at radius 3 is 0.974 bits per heavy atom. The zero-order valence-corrected chi connectivity index (χ0v) is 39.8. The van der Waals surface area contributed by atoms with Gasteiger partial charge in [-0.05, 0) is 67.8 Å². The molecular weight excluding hydrogens is 1090 g/mol. The lowest BCUT2D eigenvalue weighted by Crippen LogP contribution is -2.53. The van der Waals surface area contributed by atoms with Crippen LogP contribution in [-0.2, 0) is 49.4 Å². The molecule has 0 amide bonds. The molecule has 4 aromatic rings. The summed E-state index contributed by atoms with van der Waals surface area (Å²) in [5, 5.41) is 0. The van der Waals surface area contributed by atoms with E-state index >= 15 is 13.2 Å². The van der Waals surface area contributed by atoms with Crippen molar-refractivity contribution in [2.45, 2.75) is 128 Å². The average molecular weight is 1140 g/mol. The number of rotatable bonds is 18. The lowest BCUT2D eigenvalue weighted by molar-refractivity contribution is -0.958. The fraction of sp³-hybridized carbons (Fsp3) is 0.489. The number of hydrogen-bond acceptors (Lipinski definition) is 3. The van der Waals surface area contributed by atoms with Crippen LogP contribution in [0, 0.1) is 6.07 Å². The molecular formula is C47H44BF24NO3. The standard InChI is InChI=1S/C39H41BF18NO3.C8H3F6/c1-5-9-12-59(13-10-6-2,14-11-7-3)31(8-4)33-30(39(56,57)58)21-27(38(53,54)55)22-32(33)62-40(60-28-17-23(34(41,42)43)15-24(18-28)35(44,45)46)61-29-19-25(36(47,48)49)16-26(20-29)37(50,51)52;9-7(10,11)5-2-1-3-6(4-5)8(12,13)14/h15-22,31H,5-14H2,1-4H3;2-4H/q+1;-1. The first-order valence-corrected chi connectivity index (χ1v) is 22.4. The van der Waals surface area contributed by atoms with Gasteiger partial charge in [0.2, 0.25) is 0 Å². The summed E-state index contributed by atoms with van der Waals surface area (Å²) in [4.78, 5) is 0. The number of quaternary nitrogens is 1. The van der Waals surface area contributed by atoms with Crippen LogP contribution in [0.5, 0.6) is 17.2 Å². The third-order valence-electron chi connectivity index (χ3n) is 11.3. The number of halogens is 24. The quantitative estimate of drug-likeness (QED) is 0.0430. The second-order valence-electron chi connectivity index (χ2n) is 16.9. The number of benzene rings is 4. The van der Waals surface area contributed by atoms with Crippen molar-refractivity contribution in [3.63, 3.8) is 0 Å². The lowest BCUT2D eigenvalue weighted by Gasteiger charge is -2.46. The number of hydrogen-bond donors (Lipinski definition) is 0. The summed E-state index contributed by atoms with van der Waals surface area (Å²) in [5.41, 5.74) is -16.1. The van der Waals surface area contributed by atoms with E-state index in [0.29, 0.717) is 50.7 Å². The van der Waals surface area contributed by atoms with Crippen molar-refractivity contribution in [3.05, 3.63) is 123 Å². The van der Waals surface area contributed by atoms with Gasteiger partial charge in [-0.1, -0.05) is 58.1 Å². The minimum atomic E-state index is -5.64. The maximum absolute atomic E-state index is 15.2. The van der Waals surface area contributed by atoms with Crippen LogP contribution in [-0.4, -0.2) is 31.4 Å². The average Bonchev–Trinajstić information content (AvgIpc) is 3.27. The monoisotopic (exact) mass is 1140 g/mol. The Balaban J connectivity index is 0.000000935. The molecule has 4 rings (SSSR count). The Hall–Kier alpha value is -5.38. The van der Waals surface area contributed by atoms with Gasteiger partial charge in [-0.2, -0.15) is 124 Å². The van der Waals surface area contributed by atoms with Crippen LogP contribution < -0.4 is 14.0 Å². The summed E-state index contributed by atoms with van der Waals surface area (Å²) in [7, 11) is -3.27. The summed E-state index contributed by atoms with van der Waals surface area (Å²) in [5.74, 6) is -4.59. The smallest absolute Gasteiger partial charge is 0.490 e. The Morgan fingerprint density at radius 1 is 0.395 bits per heavy atom. The first kappa shape index (κ1) is 64.9. The fourth-order valence-corrected chi connectivity index (χ4v) is 7.74. The van der Waals surface area contributed by atoms with Gasteiger partial charge in [-0.15, -0.1) is 6.07 Å². The van der Waals surface area contributed by atoms with Gasteiger partial charge in [0.15, 0.2) is 0 Å². The molecule has 76 heavy (non-hydrogen) atoms. The molecule has 0 aromatic heterocycles. The lowest BCUT2D eigenvalue weighted by atomic mass is 9.90. The Kier molecular flexibility index (Phi) is 20.9. The van der Waals surface area contributed by atoms with Crippen molar-refractivity contribution in [1.82, 2.24) is 0 Å². The summed E-state index contributed by atoms with van der Waals surface area (Å²) < 4.78 is 342. The van der Waals surface area contributed by atoms with Crippen molar-refractivity contribution >= 4 is 7.32 Å². The van der Waals surface area contributed by atoms with E-state index in [-0.39, 0.29) is 73.0 Å². The predicted molar refractivity (Wildman–Crippen MR) is 225 cm³/mol.